The molecule has 0 saturated heterocycles. The number of benzene rings is 3. The van der Waals surface area contributed by atoms with Crippen molar-refractivity contribution in [3.8, 4) is 28.7 Å². The van der Waals surface area contributed by atoms with Gasteiger partial charge in [0.1, 0.15) is 5.75 Å². The second-order valence-electron chi connectivity index (χ2n) is 6.57. The van der Waals surface area contributed by atoms with Gasteiger partial charge < -0.3 is 4.74 Å². The number of methoxy groups -OCH3 is 1. The summed E-state index contributed by atoms with van der Waals surface area (Å²) in [6.45, 7) is 0. The summed E-state index contributed by atoms with van der Waals surface area (Å²) in [5.74, 6) is 6.15. The van der Waals surface area contributed by atoms with Crippen molar-refractivity contribution in [3.05, 3.63) is 95.7 Å². The Hall–Kier alpha value is -3.78. The smallest absolute Gasteiger partial charge is 0.434 e. The second-order valence-corrected chi connectivity index (χ2v) is 6.57. The number of rotatable bonds is 2. The summed E-state index contributed by atoms with van der Waals surface area (Å²) in [6.07, 6.45) is -4.65. The number of pyridine rings is 1. The number of aromatic nitrogens is 1. The van der Waals surface area contributed by atoms with Crippen LogP contribution in [0.4, 0.5) is 13.2 Å². The van der Waals surface area contributed by atoms with E-state index in [-0.39, 0.29) is 11.1 Å². The average molecular weight is 403 g/mol. The Balaban J connectivity index is 2.12. The summed E-state index contributed by atoms with van der Waals surface area (Å²) in [7, 11) is 1.51. The number of ether oxygens (including phenoxy) is 1. The Morgan fingerprint density at radius 2 is 1.50 bits per heavy atom. The molecule has 0 radical (unpaired) electrons. The third kappa shape index (κ3) is 3.85. The number of alkyl halides is 3. The van der Waals surface area contributed by atoms with Crippen molar-refractivity contribution in [2.45, 2.75) is 6.18 Å². The molecule has 148 valence electrons. The Labute approximate surface area is 172 Å². The molecule has 4 rings (SSSR count). The fourth-order valence-electron chi connectivity index (χ4n) is 3.26. The zero-order chi connectivity index (χ0) is 21.1. The van der Waals surface area contributed by atoms with E-state index in [9.17, 15) is 13.2 Å². The number of hydrogen-bond acceptors (Lipinski definition) is 2. The van der Waals surface area contributed by atoms with Crippen molar-refractivity contribution in [1.29, 1.82) is 0 Å². The van der Waals surface area contributed by atoms with E-state index in [0.717, 1.165) is 0 Å². The molecule has 30 heavy (non-hydrogen) atoms. The van der Waals surface area contributed by atoms with Gasteiger partial charge in [0.2, 0.25) is 0 Å². The van der Waals surface area contributed by atoms with Crippen molar-refractivity contribution in [1.82, 2.24) is 4.98 Å². The van der Waals surface area contributed by atoms with Gasteiger partial charge in [-0.15, -0.1) is 0 Å². The van der Waals surface area contributed by atoms with E-state index >= 15 is 0 Å². The predicted octanol–water partition coefficient (Wildman–Crippen LogP) is 6.33. The molecule has 0 fully saturated rings. The lowest BCUT2D eigenvalue weighted by molar-refractivity contribution is -0.141. The molecule has 0 N–H and O–H groups in total. The molecular weight excluding hydrogens is 387 g/mol. The fraction of sp³-hybridized carbons (Fsp3) is 0.0800. The molecule has 0 aliphatic heterocycles. The maximum absolute atomic E-state index is 14.0. The Kier molecular flexibility index (Phi) is 5.16. The fourth-order valence-corrected chi connectivity index (χ4v) is 3.26. The van der Waals surface area contributed by atoms with Gasteiger partial charge >= 0.3 is 6.18 Å². The minimum atomic E-state index is -4.65. The van der Waals surface area contributed by atoms with Crippen LogP contribution >= 0.6 is 0 Å². The zero-order valence-electron chi connectivity index (χ0n) is 16.0. The van der Waals surface area contributed by atoms with Gasteiger partial charge in [-0.3, -0.25) is 0 Å². The van der Waals surface area contributed by atoms with Crippen LogP contribution in [0.1, 0.15) is 16.8 Å². The maximum Gasteiger partial charge on any atom is 0.434 e. The molecule has 0 saturated carbocycles. The van der Waals surface area contributed by atoms with E-state index < -0.39 is 11.9 Å². The summed E-state index contributed by atoms with van der Waals surface area (Å²) in [5.41, 5.74) is 0.708. The molecule has 1 heterocycles. The number of nitrogens with zero attached hydrogens (tertiary/aromatic N) is 1. The van der Waals surface area contributed by atoms with Gasteiger partial charge in [-0.1, -0.05) is 60.4 Å². The van der Waals surface area contributed by atoms with Crippen LogP contribution in [0.5, 0.6) is 5.75 Å². The first-order chi connectivity index (χ1) is 14.5. The van der Waals surface area contributed by atoms with Crippen molar-refractivity contribution in [2.24, 2.45) is 0 Å². The lowest BCUT2D eigenvalue weighted by Crippen LogP contribution is -2.12. The zero-order valence-corrected chi connectivity index (χ0v) is 16.0. The van der Waals surface area contributed by atoms with E-state index in [1.54, 1.807) is 60.7 Å². The molecule has 0 atom stereocenters. The first-order valence-electron chi connectivity index (χ1n) is 9.19. The Bertz CT molecular complexity index is 1250. The minimum absolute atomic E-state index is 0.154. The van der Waals surface area contributed by atoms with Crippen molar-refractivity contribution in [2.75, 3.05) is 7.11 Å². The van der Waals surface area contributed by atoms with Crippen molar-refractivity contribution < 1.29 is 17.9 Å². The topological polar surface area (TPSA) is 22.1 Å². The van der Waals surface area contributed by atoms with Crippen LogP contribution in [0, 0.1) is 11.8 Å². The summed E-state index contributed by atoms with van der Waals surface area (Å²) in [6, 6.07) is 22.6. The van der Waals surface area contributed by atoms with E-state index in [4.69, 9.17) is 4.74 Å². The molecule has 5 heteroatoms. The van der Waals surface area contributed by atoms with Gasteiger partial charge in [-0.2, -0.15) is 13.2 Å². The first kappa shape index (κ1) is 19.5. The molecule has 0 aliphatic rings. The molecular formula is C25H16F3NO. The first-order valence-corrected chi connectivity index (χ1v) is 9.19. The highest BCUT2D eigenvalue weighted by Gasteiger charge is 2.37. The van der Waals surface area contributed by atoms with Crippen LogP contribution in [0.3, 0.4) is 0 Å². The molecule has 0 amide bonds. The SMILES string of the molecule is COc1ccc2nc(C(F)(F)F)c(C#Cc3ccccc3)c(-c3ccccc3)c2c1. The van der Waals surface area contributed by atoms with Crippen molar-refractivity contribution >= 4 is 10.9 Å². The highest BCUT2D eigenvalue weighted by Crippen LogP contribution is 2.40. The predicted molar refractivity (Wildman–Crippen MR) is 111 cm³/mol. The molecule has 0 bridgehead atoms. The summed E-state index contributed by atoms with van der Waals surface area (Å²) < 4.78 is 47.3. The molecule has 0 unspecified atom stereocenters. The summed E-state index contributed by atoms with van der Waals surface area (Å²) >= 11 is 0. The highest BCUT2D eigenvalue weighted by atomic mass is 19.4. The quantitative estimate of drug-likeness (QED) is 0.365. The van der Waals surface area contributed by atoms with Gasteiger partial charge in [-0.25, -0.2) is 4.98 Å². The van der Waals surface area contributed by atoms with Crippen LogP contribution < -0.4 is 4.74 Å². The van der Waals surface area contributed by atoms with E-state index in [1.807, 2.05) is 12.1 Å². The van der Waals surface area contributed by atoms with Gasteiger partial charge in [0, 0.05) is 16.5 Å². The second kappa shape index (κ2) is 7.92. The molecule has 2 nitrogen and oxygen atoms in total. The monoisotopic (exact) mass is 403 g/mol. The van der Waals surface area contributed by atoms with Crippen molar-refractivity contribution in [3.63, 3.8) is 0 Å². The van der Waals surface area contributed by atoms with Crippen LogP contribution in [0.15, 0.2) is 78.9 Å². The van der Waals surface area contributed by atoms with Gasteiger partial charge in [0.25, 0.3) is 0 Å². The normalized spacial score (nSPS) is 11.1. The van der Waals surface area contributed by atoms with Crippen LogP contribution in [-0.4, -0.2) is 12.1 Å². The van der Waals surface area contributed by atoms with Crippen LogP contribution in [0.25, 0.3) is 22.0 Å². The molecule has 1 aromatic heterocycles. The van der Waals surface area contributed by atoms with E-state index in [2.05, 4.69) is 16.8 Å². The Morgan fingerprint density at radius 3 is 2.13 bits per heavy atom. The number of halogens is 3. The molecule has 4 aromatic rings. The van der Waals surface area contributed by atoms with Gasteiger partial charge in [0.05, 0.1) is 18.2 Å². The minimum Gasteiger partial charge on any atom is -0.497 e. The van der Waals surface area contributed by atoms with E-state index in [1.165, 1.54) is 13.2 Å². The third-order valence-electron chi connectivity index (χ3n) is 4.63. The van der Waals surface area contributed by atoms with Crippen LogP contribution in [0.2, 0.25) is 0 Å². The largest absolute Gasteiger partial charge is 0.497 e. The Morgan fingerprint density at radius 1 is 0.833 bits per heavy atom. The molecule has 0 aliphatic carbocycles. The van der Waals surface area contributed by atoms with Crippen LogP contribution in [-0.2, 0) is 6.18 Å². The number of fused-ring (bicyclic) bond motifs is 1. The third-order valence-corrected chi connectivity index (χ3v) is 4.63. The molecule has 0 spiro atoms. The lowest BCUT2D eigenvalue weighted by Gasteiger charge is -2.16. The molecule has 3 aromatic carbocycles. The van der Waals surface area contributed by atoms with Gasteiger partial charge in [0.15, 0.2) is 5.69 Å². The summed E-state index contributed by atoms with van der Waals surface area (Å²) in [5, 5.41) is 0.547. The maximum atomic E-state index is 14.0. The van der Waals surface area contributed by atoms with E-state index in [0.29, 0.717) is 27.8 Å². The lowest BCUT2D eigenvalue weighted by atomic mass is 9.93. The summed E-state index contributed by atoms with van der Waals surface area (Å²) in [4.78, 5) is 3.94. The average Bonchev–Trinajstić information content (AvgIpc) is 2.77. The standard InChI is InChI=1S/C25H16F3NO/c1-30-19-13-15-22-21(16-19)23(18-10-6-3-7-11-18)20(24(29-22)25(26,27)28)14-12-17-8-4-2-5-9-17/h2-11,13,15-16H,1H3. The van der Waals surface area contributed by atoms with Gasteiger partial charge in [-0.05, 0) is 35.9 Å². The highest BCUT2D eigenvalue weighted by molar-refractivity contribution is 5.99. The number of hydrogen-bond donors (Lipinski definition) is 0.